The first-order chi connectivity index (χ1) is 9.76. The van der Waals surface area contributed by atoms with Gasteiger partial charge in [0.15, 0.2) is 6.61 Å². The van der Waals surface area contributed by atoms with E-state index < -0.39 is 16.9 Å². The number of hydrogen-bond acceptors (Lipinski definition) is 4. The van der Waals surface area contributed by atoms with E-state index in [9.17, 15) is 13.6 Å². The Balaban J connectivity index is 2.78. The summed E-state index contributed by atoms with van der Waals surface area (Å²) in [7, 11) is 0. The molecule has 0 spiro atoms. The average Bonchev–Trinajstić information content (AvgIpc) is 2.39. The Morgan fingerprint density at radius 2 is 2.10 bits per heavy atom. The molecule has 0 N–H and O–H groups in total. The highest BCUT2D eigenvalue weighted by molar-refractivity contribution is 9.10. The maximum absolute atomic E-state index is 13.3. The number of carbonyl (C=O) groups is 1. The van der Waals surface area contributed by atoms with Gasteiger partial charge in [0.05, 0.1) is 11.1 Å². The van der Waals surface area contributed by atoms with E-state index in [0.717, 1.165) is 0 Å². The number of hydrogen-bond donors (Lipinski definition) is 0. The summed E-state index contributed by atoms with van der Waals surface area (Å²) in [6, 6.07) is 3.86. The fourth-order valence-electron chi connectivity index (χ4n) is 1.20. The van der Waals surface area contributed by atoms with Gasteiger partial charge in [0, 0.05) is 6.07 Å². The van der Waals surface area contributed by atoms with Crippen LogP contribution in [0.2, 0.25) is 0 Å². The van der Waals surface area contributed by atoms with Crippen LogP contribution in [0, 0.1) is 0 Å². The summed E-state index contributed by atoms with van der Waals surface area (Å²) < 4.78 is 41.2. The third-order valence-corrected chi connectivity index (χ3v) is 3.22. The van der Waals surface area contributed by atoms with Crippen molar-refractivity contribution in [1.29, 1.82) is 0 Å². The van der Waals surface area contributed by atoms with Crippen LogP contribution in [0.25, 0.3) is 0 Å². The highest BCUT2D eigenvalue weighted by atomic mass is 79.9. The van der Waals surface area contributed by atoms with Gasteiger partial charge in [-0.25, -0.2) is 4.79 Å². The molecule has 4 nitrogen and oxygen atoms in total. The summed E-state index contributed by atoms with van der Waals surface area (Å²) in [4.78, 5) is 9.16. The topological polar surface area (TPSA) is 44.8 Å². The monoisotopic (exact) mass is 406 g/mol. The molecule has 0 unspecified atom stereocenters. The Hall–Kier alpha value is -0.790. The van der Waals surface area contributed by atoms with Gasteiger partial charge in [-0.2, -0.15) is 8.78 Å². The number of halogens is 5. The van der Waals surface area contributed by atoms with E-state index in [4.69, 9.17) is 27.9 Å². The number of ether oxygens (including phenoxy) is 3. The Kier molecular flexibility index (Phi) is 6.96. The zero-order chi connectivity index (χ0) is 16.0. The molecular formula is C12H11BrCl2F2O4. The summed E-state index contributed by atoms with van der Waals surface area (Å²) in [5, 5.41) is 0. The largest absolute Gasteiger partial charge is 0.481 e. The molecule has 118 valence electrons. The van der Waals surface area contributed by atoms with E-state index in [1.807, 2.05) is 0 Å². The van der Waals surface area contributed by atoms with Crippen LogP contribution in [0.5, 0.6) is 11.5 Å². The van der Waals surface area contributed by atoms with Gasteiger partial charge in [-0.15, -0.1) is 0 Å². The first-order valence-electron chi connectivity index (χ1n) is 5.69. The third kappa shape index (κ3) is 5.84. The van der Waals surface area contributed by atoms with Crippen LogP contribution in [0.3, 0.4) is 0 Å². The maximum Gasteiger partial charge on any atom is 0.428 e. The predicted octanol–water partition coefficient (Wildman–Crippen LogP) is 4.17. The molecule has 0 atom stereocenters. The molecule has 1 aromatic carbocycles. The molecule has 0 heterocycles. The van der Waals surface area contributed by atoms with Crippen LogP contribution in [-0.4, -0.2) is 30.1 Å². The van der Waals surface area contributed by atoms with E-state index in [1.54, 1.807) is 6.92 Å². The van der Waals surface area contributed by atoms with Gasteiger partial charge in [0.2, 0.25) is 4.84 Å². The summed E-state index contributed by atoms with van der Waals surface area (Å²) in [5.41, 5.74) is 0. The Morgan fingerprint density at radius 3 is 2.67 bits per heavy atom. The fourth-order valence-corrected chi connectivity index (χ4v) is 1.65. The average molecular weight is 408 g/mol. The van der Waals surface area contributed by atoms with Crippen LogP contribution in [0.1, 0.15) is 6.92 Å². The molecule has 0 aliphatic heterocycles. The van der Waals surface area contributed by atoms with Gasteiger partial charge < -0.3 is 14.2 Å². The molecule has 0 aromatic heterocycles. The lowest BCUT2D eigenvalue weighted by Crippen LogP contribution is -2.32. The lowest BCUT2D eigenvalue weighted by Gasteiger charge is -2.19. The van der Waals surface area contributed by atoms with Gasteiger partial charge in [-0.3, -0.25) is 0 Å². The van der Waals surface area contributed by atoms with Gasteiger partial charge in [0.1, 0.15) is 11.5 Å². The minimum atomic E-state index is -3.75. The highest BCUT2D eigenvalue weighted by Crippen LogP contribution is 2.34. The normalized spacial score (nSPS) is 11.4. The van der Waals surface area contributed by atoms with Crippen molar-refractivity contribution in [2.75, 3.05) is 13.2 Å². The molecule has 9 heteroatoms. The van der Waals surface area contributed by atoms with Crippen LogP contribution < -0.4 is 9.47 Å². The molecule has 1 rings (SSSR count). The van der Waals surface area contributed by atoms with E-state index in [-0.39, 0.29) is 24.7 Å². The molecule has 0 amide bonds. The third-order valence-electron chi connectivity index (χ3n) is 2.06. The van der Waals surface area contributed by atoms with Crippen molar-refractivity contribution in [3.63, 3.8) is 0 Å². The maximum atomic E-state index is 13.3. The van der Waals surface area contributed by atoms with Crippen LogP contribution >= 0.6 is 39.1 Å². The molecule has 0 aliphatic rings. The van der Waals surface area contributed by atoms with Crippen molar-refractivity contribution in [2.45, 2.75) is 17.9 Å². The van der Waals surface area contributed by atoms with E-state index in [1.165, 1.54) is 18.2 Å². The fraction of sp³-hybridized carbons (Fsp3) is 0.417. The number of esters is 1. The van der Waals surface area contributed by atoms with Gasteiger partial charge in [0.25, 0.3) is 0 Å². The van der Waals surface area contributed by atoms with E-state index in [0.29, 0.717) is 4.47 Å². The Labute approximate surface area is 138 Å². The predicted molar refractivity (Wildman–Crippen MR) is 77.3 cm³/mol. The molecule has 0 saturated carbocycles. The van der Waals surface area contributed by atoms with Crippen molar-refractivity contribution in [1.82, 2.24) is 0 Å². The Morgan fingerprint density at radius 1 is 1.43 bits per heavy atom. The van der Waals surface area contributed by atoms with Crippen LogP contribution in [0.15, 0.2) is 22.7 Å². The minimum Gasteiger partial charge on any atom is -0.481 e. The van der Waals surface area contributed by atoms with E-state index in [2.05, 4.69) is 25.4 Å². The van der Waals surface area contributed by atoms with Gasteiger partial charge >= 0.3 is 12.1 Å². The van der Waals surface area contributed by atoms with Crippen molar-refractivity contribution >= 4 is 45.1 Å². The number of benzene rings is 1. The molecule has 0 fully saturated rings. The molecule has 0 saturated heterocycles. The van der Waals surface area contributed by atoms with Crippen molar-refractivity contribution < 1.29 is 27.8 Å². The lowest BCUT2D eigenvalue weighted by atomic mass is 10.3. The quantitative estimate of drug-likeness (QED) is 0.502. The lowest BCUT2D eigenvalue weighted by molar-refractivity contribution is -0.163. The van der Waals surface area contributed by atoms with Gasteiger partial charge in [-0.05, 0) is 35.0 Å². The summed E-state index contributed by atoms with van der Waals surface area (Å²) in [6.45, 7) is 1.50. The van der Waals surface area contributed by atoms with Gasteiger partial charge in [-0.1, -0.05) is 23.2 Å². The second kappa shape index (κ2) is 8.00. The van der Waals surface area contributed by atoms with Crippen molar-refractivity contribution in [3.05, 3.63) is 22.7 Å². The number of alkyl halides is 4. The summed E-state index contributed by atoms with van der Waals surface area (Å²) in [6.07, 6.45) is -3.75. The molecule has 0 radical (unpaired) electrons. The summed E-state index contributed by atoms with van der Waals surface area (Å²) in [5.74, 6) is -0.659. The summed E-state index contributed by atoms with van der Waals surface area (Å²) >= 11 is 13.4. The molecule has 0 aliphatic carbocycles. The standard InChI is InChI=1S/C12H11BrCl2F2O4/c1-2-19-10(18)6-20-9-5-7(3-4-8(9)13)21-12(16,17)11(14)15/h3-5,11H,2,6H2,1H3. The molecule has 21 heavy (non-hydrogen) atoms. The highest BCUT2D eigenvalue weighted by Gasteiger charge is 2.40. The van der Waals surface area contributed by atoms with Crippen molar-refractivity contribution in [2.24, 2.45) is 0 Å². The Bertz CT molecular complexity index is 500. The molecular weight excluding hydrogens is 397 g/mol. The SMILES string of the molecule is CCOC(=O)COc1cc(OC(F)(F)C(Cl)Cl)ccc1Br. The zero-order valence-electron chi connectivity index (χ0n) is 10.7. The van der Waals surface area contributed by atoms with Crippen molar-refractivity contribution in [3.8, 4) is 11.5 Å². The first kappa shape index (κ1) is 18.3. The first-order valence-corrected chi connectivity index (χ1v) is 7.35. The van der Waals surface area contributed by atoms with Crippen LogP contribution in [-0.2, 0) is 9.53 Å². The molecule has 1 aromatic rings. The van der Waals surface area contributed by atoms with E-state index >= 15 is 0 Å². The minimum absolute atomic E-state index is 0.136. The number of rotatable bonds is 7. The second-order valence-electron chi connectivity index (χ2n) is 3.65. The van der Waals surface area contributed by atoms with Crippen LogP contribution in [0.4, 0.5) is 8.78 Å². The second-order valence-corrected chi connectivity index (χ2v) is 5.60. The smallest absolute Gasteiger partial charge is 0.428 e. The zero-order valence-corrected chi connectivity index (χ0v) is 13.8. The number of carbonyl (C=O) groups excluding carboxylic acids is 1. The molecule has 0 bridgehead atoms.